The van der Waals surface area contributed by atoms with Gasteiger partial charge in [0, 0.05) is 5.54 Å². The van der Waals surface area contributed by atoms with Crippen LogP contribution < -0.4 is 5.32 Å². The minimum Gasteiger partial charge on any atom is -0.360 e. The van der Waals surface area contributed by atoms with E-state index in [0.29, 0.717) is 6.10 Å². The van der Waals surface area contributed by atoms with Crippen molar-refractivity contribution < 1.29 is 4.74 Å². The maximum atomic E-state index is 5.93. The third kappa shape index (κ3) is 3.83. The SMILES string of the molecule is C[C@H]1CC(C)(C)N[C@@H](CCc2ccccc2)O1. The van der Waals surface area contributed by atoms with Crippen molar-refractivity contribution in [3.05, 3.63) is 35.9 Å². The van der Waals surface area contributed by atoms with Gasteiger partial charge in [-0.3, -0.25) is 5.32 Å². The normalized spacial score (nSPS) is 27.9. The first-order valence-corrected chi connectivity index (χ1v) is 6.52. The van der Waals surface area contributed by atoms with Crippen LogP contribution in [0.15, 0.2) is 30.3 Å². The number of nitrogens with one attached hydrogen (secondary N) is 1. The minimum atomic E-state index is 0.189. The number of hydrogen-bond acceptors (Lipinski definition) is 2. The van der Waals surface area contributed by atoms with Crippen LogP contribution in [0.2, 0.25) is 0 Å². The highest BCUT2D eigenvalue weighted by molar-refractivity contribution is 5.14. The highest BCUT2D eigenvalue weighted by atomic mass is 16.5. The highest BCUT2D eigenvalue weighted by Crippen LogP contribution is 2.23. The molecule has 1 heterocycles. The molecule has 94 valence electrons. The fourth-order valence-corrected chi connectivity index (χ4v) is 2.66. The molecule has 0 spiro atoms. The summed E-state index contributed by atoms with van der Waals surface area (Å²) in [5.74, 6) is 0. The van der Waals surface area contributed by atoms with E-state index in [1.165, 1.54) is 5.56 Å². The van der Waals surface area contributed by atoms with Gasteiger partial charge in [-0.1, -0.05) is 30.3 Å². The average Bonchev–Trinajstić information content (AvgIpc) is 2.25. The Morgan fingerprint density at radius 1 is 1.29 bits per heavy atom. The van der Waals surface area contributed by atoms with E-state index in [1.54, 1.807) is 0 Å². The number of benzene rings is 1. The van der Waals surface area contributed by atoms with Crippen molar-refractivity contribution in [3.63, 3.8) is 0 Å². The number of hydrogen-bond donors (Lipinski definition) is 1. The summed E-state index contributed by atoms with van der Waals surface area (Å²) in [4.78, 5) is 0. The molecule has 2 atom stereocenters. The summed E-state index contributed by atoms with van der Waals surface area (Å²) in [6.45, 7) is 6.67. The van der Waals surface area contributed by atoms with Gasteiger partial charge in [0.15, 0.2) is 0 Å². The topological polar surface area (TPSA) is 21.3 Å². The third-order valence-corrected chi connectivity index (χ3v) is 3.28. The summed E-state index contributed by atoms with van der Waals surface area (Å²) in [6, 6.07) is 10.6. The maximum absolute atomic E-state index is 5.93. The first-order valence-electron chi connectivity index (χ1n) is 6.52. The zero-order valence-corrected chi connectivity index (χ0v) is 11.1. The standard InChI is InChI=1S/C15H23NO/c1-12-11-15(2,3)16-14(17-12)10-9-13-7-5-4-6-8-13/h4-8,12,14,16H,9-11H2,1-3H3/t12-,14+/m0/s1. The quantitative estimate of drug-likeness (QED) is 0.866. The van der Waals surface area contributed by atoms with Gasteiger partial charge in [0.2, 0.25) is 0 Å². The lowest BCUT2D eigenvalue weighted by Gasteiger charge is -2.40. The van der Waals surface area contributed by atoms with E-state index in [2.05, 4.69) is 56.4 Å². The number of aryl methyl sites for hydroxylation is 1. The molecule has 1 aliphatic rings. The second-order valence-electron chi connectivity index (χ2n) is 5.69. The molecular weight excluding hydrogens is 210 g/mol. The van der Waals surface area contributed by atoms with Crippen molar-refractivity contribution in [1.82, 2.24) is 5.32 Å². The Balaban J connectivity index is 1.87. The molecule has 0 saturated carbocycles. The van der Waals surface area contributed by atoms with Crippen LogP contribution in [0.1, 0.15) is 39.2 Å². The minimum absolute atomic E-state index is 0.189. The Morgan fingerprint density at radius 2 is 2.00 bits per heavy atom. The molecule has 1 aromatic carbocycles. The van der Waals surface area contributed by atoms with E-state index in [1.807, 2.05) is 0 Å². The molecule has 0 bridgehead atoms. The van der Waals surface area contributed by atoms with Gasteiger partial charge in [-0.15, -0.1) is 0 Å². The Hall–Kier alpha value is -0.860. The molecule has 0 aromatic heterocycles. The predicted octanol–water partition coefficient (Wildman–Crippen LogP) is 3.12. The van der Waals surface area contributed by atoms with E-state index in [9.17, 15) is 0 Å². The van der Waals surface area contributed by atoms with Crippen molar-refractivity contribution in [1.29, 1.82) is 0 Å². The van der Waals surface area contributed by atoms with Crippen molar-refractivity contribution in [2.24, 2.45) is 0 Å². The van der Waals surface area contributed by atoms with Crippen molar-refractivity contribution in [2.45, 2.75) is 57.9 Å². The summed E-state index contributed by atoms with van der Waals surface area (Å²) < 4.78 is 5.93. The van der Waals surface area contributed by atoms with E-state index in [4.69, 9.17) is 4.74 Å². The summed E-state index contributed by atoms with van der Waals surface area (Å²) in [7, 11) is 0. The van der Waals surface area contributed by atoms with Crippen LogP contribution >= 0.6 is 0 Å². The van der Waals surface area contributed by atoms with Crippen LogP contribution in [0.25, 0.3) is 0 Å². The van der Waals surface area contributed by atoms with E-state index >= 15 is 0 Å². The molecule has 17 heavy (non-hydrogen) atoms. The van der Waals surface area contributed by atoms with E-state index in [0.717, 1.165) is 19.3 Å². The lowest BCUT2D eigenvalue weighted by Crippen LogP contribution is -2.54. The van der Waals surface area contributed by atoms with Gasteiger partial charge in [-0.05, 0) is 45.6 Å². The van der Waals surface area contributed by atoms with Crippen LogP contribution in [0, 0.1) is 0 Å². The molecule has 2 rings (SSSR count). The first kappa shape index (κ1) is 12.6. The Labute approximate surface area is 104 Å². The van der Waals surface area contributed by atoms with Crippen LogP contribution in [-0.2, 0) is 11.2 Å². The molecule has 0 aliphatic carbocycles. The number of ether oxygens (including phenoxy) is 1. The van der Waals surface area contributed by atoms with Crippen molar-refractivity contribution in [2.75, 3.05) is 0 Å². The van der Waals surface area contributed by atoms with E-state index < -0.39 is 0 Å². The fourth-order valence-electron chi connectivity index (χ4n) is 2.66. The third-order valence-electron chi connectivity index (χ3n) is 3.28. The molecule has 1 saturated heterocycles. The van der Waals surface area contributed by atoms with Gasteiger partial charge in [0.1, 0.15) is 6.23 Å². The van der Waals surface area contributed by atoms with Gasteiger partial charge in [-0.2, -0.15) is 0 Å². The molecule has 2 heteroatoms. The monoisotopic (exact) mass is 233 g/mol. The van der Waals surface area contributed by atoms with Crippen LogP contribution in [0.5, 0.6) is 0 Å². The Kier molecular flexibility index (Phi) is 3.85. The molecule has 0 unspecified atom stereocenters. The molecule has 2 nitrogen and oxygen atoms in total. The van der Waals surface area contributed by atoms with Crippen LogP contribution in [0.3, 0.4) is 0 Å². The van der Waals surface area contributed by atoms with E-state index in [-0.39, 0.29) is 11.8 Å². The summed E-state index contributed by atoms with van der Waals surface area (Å²) in [5, 5.41) is 3.57. The molecule has 1 aromatic rings. The lowest BCUT2D eigenvalue weighted by molar-refractivity contribution is -0.0898. The Bertz CT molecular complexity index is 347. The first-order chi connectivity index (χ1) is 8.05. The van der Waals surface area contributed by atoms with Gasteiger partial charge in [0.05, 0.1) is 6.10 Å². The van der Waals surface area contributed by atoms with Gasteiger partial charge in [0.25, 0.3) is 0 Å². The van der Waals surface area contributed by atoms with Crippen LogP contribution in [0.4, 0.5) is 0 Å². The van der Waals surface area contributed by atoms with Crippen LogP contribution in [-0.4, -0.2) is 17.9 Å². The second-order valence-corrected chi connectivity index (χ2v) is 5.69. The smallest absolute Gasteiger partial charge is 0.109 e. The van der Waals surface area contributed by atoms with Gasteiger partial charge >= 0.3 is 0 Å². The predicted molar refractivity (Wildman–Crippen MR) is 70.9 cm³/mol. The fraction of sp³-hybridized carbons (Fsp3) is 0.600. The molecule has 1 aliphatic heterocycles. The Morgan fingerprint density at radius 3 is 2.65 bits per heavy atom. The second kappa shape index (κ2) is 5.19. The van der Waals surface area contributed by atoms with Gasteiger partial charge < -0.3 is 4.74 Å². The summed E-state index contributed by atoms with van der Waals surface area (Å²) in [6.07, 6.45) is 3.73. The molecule has 0 amide bonds. The average molecular weight is 233 g/mol. The molecule has 1 N–H and O–H groups in total. The van der Waals surface area contributed by atoms with Gasteiger partial charge in [-0.25, -0.2) is 0 Å². The maximum Gasteiger partial charge on any atom is 0.109 e. The molecular formula is C15H23NO. The van der Waals surface area contributed by atoms with Crippen molar-refractivity contribution >= 4 is 0 Å². The zero-order valence-electron chi connectivity index (χ0n) is 11.1. The molecule has 0 radical (unpaired) electrons. The largest absolute Gasteiger partial charge is 0.360 e. The lowest BCUT2D eigenvalue weighted by atomic mass is 9.94. The summed E-state index contributed by atoms with van der Waals surface area (Å²) in [5.41, 5.74) is 1.58. The van der Waals surface area contributed by atoms with Crippen molar-refractivity contribution in [3.8, 4) is 0 Å². The highest BCUT2D eigenvalue weighted by Gasteiger charge is 2.31. The number of rotatable bonds is 3. The zero-order chi connectivity index (χ0) is 12.3. The molecule has 1 fully saturated rings. The summed E-state index contributed by atoms with van der Waals surface area (Å²) >= 11 is 0.